The summed E-state index contributed by atoms with van der Waals surface area (Å²) in [5.74, 6) is 3.17. The Morgan fingerprint density at radius 3 is 2.34 bits per heavy atom. The molecule has 0 aromatic rings. The standard InChI is InChI=1S/C28H48O4/c1-17(14-25(31)32)6-5-7-18(2)21-8-9-22-26-23(11-13-28(21,22)4)27(3)12-10-20(29)15-19(27)16-24(26)30/h17-24,26,29-30H,5-16H2,1-4H3,(H,31,32)/t17?,18-,19+,20-,21-,22+,23+,24-,26+,27+,28-/m1/s1. The lowest BCUT2D eigenvalue weighted by Gasteiger charge is -2.62. The fourth-order valence-electron chi connectivity index (χ4n) is 9.57. The third kappa shape index (κ3) is 4.28. The van der Waals surface area contributed by atoms with Crippen LogP contribution >= 0.6 is 0 Å². The molecule has 4 heteroatoms. The number of aliphatic hydroxyl groups is 2. The molecule has 4 fully saturated rings. The fraction of sp³-hybridized carbons (Fsp3) is 0.964. The van der Waals surface area contributed by atoms with Gasteiger partial charge in [0.1, 0.15) is 0 Å². The van der Waals surface area contributed by atoms with Crippen molar-refractivity contribution in [2.24, 2.45) is 52.3 Å². The van der Waals surface area contributed by atoms with Crippen molar-refractivity contribution in [1.82, 2.24) is 0 Å². The summed E-state index contributed by atoms with van der Waals surface area (Å²) in [6, 6.07) is 0. The molecule has 1 unspecified atom stereocenters. The maximum Gasteiger partial charge on any atom is 0.303 e. The van der Waals surface area contributed by atoms with Crippen LogP contribution in [-0.4, -0.2) is 33.5 Å². The smallest absolute Gasteiger partial charge is 0.303 e. The number of carboxylic acid groups (broad SMARTS) is 1. The van der Waals surface area contributed by atoms with Crippen LogP contribution in [0.2, 0.25) is 0 Å². The summed E-state index contributed by atoms with van der Waals surface area (Å²) in [6.45, 7) is 9.53. The van der Waals surface area contributed by atoms with E-state index in [4.69, 9.17) is 5.11 Å². The van der Waals surface area contributed by atoms with Gasteiger partial charge in [0.05, 0.1) is 12.2 Å². The number of hydrogen-bond donors (Lipinski definition) is 3. The highest BCUT2D eigenvalue weighted by molar-refractivity contribution is 5.66. The van der Waals surface area contributed by atoms with Crippen molar-refractivity contribution in [1.29, 1.82) is 0 Å². The molecule has 0 heterocycles. The maximum atomic E-state index is 11.4. The second-order valence-electron chi connectivity index (χ2n) is 13.1. The number of aliphatic carboxylic acids is 1. The molecule has 0 amide bonds. The number of rotatable bonds is 7. The van der Waals surface area contributed by atoms with Crippen LogP contribution in [0.25, 0.3) is 0 Å². The Morgan fingerprint density at radius 2 is 1.62 bits per heavy atom. The van der Waals surface area contributed by atoms with Crippen LogP contribution in [-0.2, 0) is 4.79 Å². The molecule has 0 aromatic carbocycles. The molecule has 0 bridgehead atoms. The Morgan fingerprint density at radius 1 is 0.938 bits per heavy atom. The Bertz CT molecular complexity index is 678. The van der Waals surface area contributed by atoms with Gasteiger partial charge < -0.3 is 15.3 Å². The van der Waals surface area contributed by atoms with Gasteiger partial charge in [-0.2, -0.15) is 0 Å². The van der Waals surface area contributed by atoms with E-state index in [1.165, 1.54) is 32.1 Å². The van der Waals surface area contributed by atoms with E-state index in [9.17, 15) is 15.0 Å². The first kappa shape index (κ1) is 24.5. The van der Waals surface area contributed by atoms with E-state index in [1.54, 1.807) is 0 Å². The van der Waals surface area contributed by atoms with E-state index in [2.05, 4.69) is 27.7 Å². The summed E-state index contributed by atoms with van der Waals surface area (Å²) >= 11 is 0. The van der Waals surface area contributed by atoms with Crippen molar-refractivity contribution in [3.05, 3.63) is 0 Å². The minimum absolute atomic E-state index is 0.166. The predicted octanol–water partition coefficient (Wildman–Crippen LogP) is 5.89. The minimum Gasteiger partial charge on any atom is -0.481 e. The van der Waals surface area contributed by atoms with Crippen molar-refractivity contribution in [3.8, 4) is 0 Å². The molecule has 11 atom stereocenters. The first-order valence-corrected chi connectivity index (χ1v) is 13.6. The second kappa shape index (κ2) is 9.21. The third-order valence-corrected chi connectivity index (χ3v) is 11.3. The quantitative estimate of drug-likeness (QED) is 0.453. The zero-order chi connectivity index (χ0) is 23.3. The molecule has 0 spiro atoms. The maximum absolute atomic E-state index is 11.4. The molecule has 4 aliphatic carbocycles. The number of carboxylic acids is 1. The predicted molar refractivity (Wildman–Crippen MR) is 127 cm³/mol. The highest BCUT2D eigenvalue weighted by atomic mass is 16.4. The number of carbonyl (C=O) groups is 1. The third-order valence-electron chi connectivity index (χ3n) is 11.3. The SMILES string of the molecule is CC(CCC[C@@H](C)[C@H]1CC[C@H]2[C@@H]3[C@H](O)C[C@@H]4C[C@H](O)CC[C@]4(C)[C@H]3CC[C@]12C)CC(=O)O. The summed E-state index contributed by atoms with van der Waals surface area (Å²) in [6.07, 6.45) is 12.2. The molecule has 3 N–H and O–H groups in total. The molecule has 0 aromatic heterocycles. The molecule has 0 aliphatic heterocycles. The Hall–Kier alpha value is -0.610. The van der Waals surface area contributed by atoms with E-state index in [1.807, 2.05) is 0 Å². The zero-order valence-electron chi connectivity index (χ0n) is 20.9. The van der Waals surface area contributed by atoms with Crippen molar-refractivity contribution < 1.29 is 20.1 Å². The Kier molecular flexibility index (Phi) is 7.05. The monoisotopic (exact) mass is 448 g/mol. The molecule has 4 saturated carbocycles. The summed E-state index contributed by atoms with van der Waals surface area (Å²) < 4.78 is 0. The molecule has 4 nitrogen and oxygen atoms in total. The summed E-state index contributed by atoms with van der Waals surface area (Å²) in [5, 5.41) is 30.7. The van der Waals surface area contributed by atoms with Gasteiger partial charge in [-0.25, -0.2) is 0 Å². The largest absolute Gasteiger partial charge is 0.481 e. The number of aliphatic hydroxyl groups excluding tert-OH is 2. The molecule has 4 aliphatic rings. The van der Waals surface area contributed by atoms with Crippen LogP contribution in [0.4, 0.5) is 0 Å². The van der Waals surface area contributed by atoms with Crippen molar-refractivity contribution in [2.75, 3.05) is 0 Å². The van der Waals surface area contributed by atoms with Gasteiger partial charge in [0.15, 0.2) is 0 Å². The molecule has 0 radical (unpaired) electrons. The summed E-state index contributed by atoms with van der Waals surface area (Å²) in [7, 11) is 0. The topological polar surface area (TPSA) is 77.8 Å². The molecular weight excluding hydrogens is 400 g/mol. The summed E-state index contributed by atoms with van der Waals surface area (Å²) in [5.41, 5.74) is 0.639. The molecular formula is C28H48O4. The molecule has 32 heavy (non-hydrogen) atoms. The molecule has 0 saturated heterocycles. The van der Waals surface area contributed by atoms with E-state index in [0.717, 1.165) is 44.4 Å². The van der Waals surface area contributed by atoms with Gasteiger partial charge >= 0.3 is 5.97 Å². The average molecular weight is 449 g/mol. The van der Waals surface area contributed by atoms with Crippen LogP contribution in [0.1, 0.15) is 105 Å². The van der Waals surface area contributed by atoms with Gasteiger partial charge in [-0.05, 0) is 104 Å². The van der Waals surface area contributed by atoms with Crippen LogP contribution in [0.15, 0.2) is 0 Å². The van der Waals surface area contributed by atoms with Gasteiger partial charge in [0.25, 0.3) is 0 Å². The summed E-state index contributed by atoms with van der Waals surface area (Å²) in [4.78, 5) is 11.0. The average Bonchev–Trinajstić information content (AvgIpc) is 3.06. The number of fused-ring (bicyclic) bond motifs is 5. The highest BCUT2D eigenvalue weighted by Crippen LogP contribution is 2.68. The minimum atomic E-state index is -0.678. The van der Waals surface area contributed by atoms with Gasteiger partial charge in [0, 0.05) is 6.42 Å². The lowest BCUT2D eigenvalue weighted by atomic mass is 9.43. The zero-order valence-corrected chi connectivity index (χ0v) is 20.9. The van der Waals surface area contributed by atoms with Gasteiger partial charge in [0.2, 0.25) is 0 Å². The van der Waals surface area contributed by atoms with E-state index in [0.29, 0.717) is 40.4 Å². The van der Waals surface area contributed by atoms with E-state index in [-0.39, 0.29) is 24.5 Å². The second-order valence-corrected chi connectivity index (χ2v) is 13.1. The lowest BCUT2D eigenvalue weighted by Crippen LogP contribution is -2.58. The normalized spacial score (nSPS) is 47.8. The van der Waals surface area contributed by atoms with Crippen LogP contribution in [0.5, 0.6) is 0 Å². The first-order chi connectivity index (χ1) is 15.1. The van der Waals surface area contributed by atoms with E-state index >= 15 is 0 Å². The Balaban J connectivity index is 1.42. The van der Waals surface area contributed by atoms with Crippen LogP contribution in [0.3, 0.4) is 0 Å². The molecule has 184 valence electrons. The van der Waals surface area contributed by atoms with Crippen molar-refractivity contribution in [2.45, 2.75) is 117 Å². The van der Waals surface area contributed by atoms with Crippen LogP contribution in [0, 0.1) is 52.3 Å². The highest BCUT2D eigenvalue weighted by Gasteiger charge is 2.62. The first-order valence-electron chi connectivity index (χ1n) is 13.6. The van der Waals surface area contributed by atoms with Crippen molar-refractivity contribution >= 4 is 5.97 Å². The van der Waals surface area contributed by atoms with E-state index < -0.39 is 5.97 Å². The lowest BCUT2D eigenvalue weighted by molar-refractivity contribution is -0.174. The van der Waals surface area contributed by atoms with Gasteiger partial charge in [-0.3, -0.25) is 4.79 Å². The Labute approximate surface area is 195 Å². The number of hydrogen-bond acceptors (Lipinski definition) is 3. The molecule has 4 rings (SSSR count). The van der Waals surface area contributed by atoms with Gasteiger partial charge in [-0.15, -0.1) is 0 Å². The fourth-order valence-corrected chi connectivity index (χ4v) is 9.57. The van der Waals surface area contributed by atoms with Gasteiger partial charge in [-0.1, -0.05) is 47.0 Å². The van der Waals surface area contributed by atoms with Crippen LogP contribution < -0.4 is 0 Å². The van der Waals surface area contributed by atoms with Crippen molar-refractivity contribution in [3.63, 3.8) is 0 Å².